The fraction of sp³-hybridized carbons (Fsp3) is 0.167. The van der Waals surface area contributed by atoms with Crippen molar-refractivity contribution in [3.63, 3.8) is 0 Å². The molecule has 1 saturated heterocycles. The van der Waals surface area contributed by atoms with E-state index in [2.05, 4.69) is 20.0 Å². The molecule has 0 spiro atoms. The third-order valence-electron chi connectivity index (χ3n) is 6.08. The molecule has 1 aliphatic rings. The zero-order chi connectivity index (χ0) is 28.4. The molecule has 0 radical (unpaired) electrons. The van der Waals surface area contributed by atoms with Crippen molar-refractivity contribution < 1.29 is 18.1 Å². The van der Waals surface area contributed by atoms with Gasteiger partial charge in [0.1, 0.15) is 4.88 Å². The van der Waals surface area contributed by atoms with E-state index in [1.807, 2.05) is 4.90 Å². The lowest BCUT2D eigenvalue weighted by atomic mass is 10.2. The number of nitrogens with zero attached hydrogens (tertiary/aromatic N) is 5. The molecule has 2 aromatic carbocycles. The van der Waals surface area contributed by atoms with E-state index in [0.717, 1.165) is 11.3 Å². The van der Waals surface area contributed by atoms with E-state index >= 15 is 0 Å². The van der Waals surface area contributed by atoms with Crippen molar-refractivity contribution in [2.24, 2.45) is 0 Å². The number of amides is 1. The van der Waals surface area contributed by atoms with Crippen LogP contribution in [0.4, 0.5) is 17.3 Å². The Bertz CT molecular complexity index is 1710. The first-order chi connectivity index (χ1) is 19.1. The minimum absolute atomic E-state index is 0.0258. The number of sulfonamides is 1. The molecule has 0 aliphatic carbocycles. The summed E-state index contributed by atoms with van der Waals surface area (Å²) in [6.45, 7) is 1.74. The second-order valence-corrected chi connectivity index (χ2v) is 12.1. The second-order valence-electron chi connectivity index (χ2n) is 8.59. The van der Waals surface area contributed by atoms with Gasteiger partial charge in [-0.1, -0.05) is 11.6 Å². The fourth-order valence-corrected chi connectivity index (χ4v) is 6.78. The quantitative estimate of drug-likeness (QED) is 0.183. The number of carbonyl (C=O) groups excluding carboxylic acids is 1. The molecular weight excluding hydrogens is 598 g/mol. The van der Waals surface area contributed by atoms with Gasteiger partial charge in [0.2, 0.25) is 5.95 Å². The van der Waals surface area contributed by atoms with Crippen molar-refractivity contribution in [1.29, 1.82) is 0 Å². The monoisotopic (exact) mass is 617 g/mol. The number of non-ortho nitro benzene ring substituents is 1. The number of nitro groups is 1. The van der Waals surface area contributed by atoms with Crippen molar-refractivity contribution in [2.75, 3.05) is 36.2 Å². The molecule has 40 heavy (non-hydrogen) atoms. The maximum absolute atomic E-state index is 13.2. The van der Waals surface area contributed by atoms with Crippen LogP contribution < -0.4 is 10.0 Å². The largest absolute Gasteiger partial charge is 0.345 e. The van der Waals surface area contributed by atoms with Crippen molar-refractivity contribution in [2.45, 2.75) is 4.90 Å². The first-order valence-electron chi connectivity index (χ1n) is 11.7. The van der Waals surface area contributed by atoms with E-state index in [4.69, 9.17) is 23.8 Å². The van der Waals surface area contributed by atoms with Crippen LogP contribution in [-0.4, -0.2) is 70.3 Å². The zero-order valence-corrected chi connectivity index (χ0v) is 23.7. The zero-order valence-electron chi connectivity index (χ0n) is 20.5. The minimum Gasteiger partial charge on any atom is -0.345 e. The maximum Gasteiger partial charge on any atom is 0.270 e. The summed E-state index contributed by atoms with van der Waals surface area (Å²) in [7, 11) is -3.86. The lowest BCUT2D eigenvalue weighted by molar-refractivity contribution is -0.384. The molecule has 3 heterocycles. The van der Waals surface area contributed by atoms with Crippen LogP contribution in [-0.2, 0) is 10.0 Å². The number of rotatable bonds is 6. The Morgan fingerprint density at radius 2 is 1.70 bits per heavy atom. The smallest absolute Gasteiger partial charge is 0.270 e. The van der Waals surface area contributed by atoms with Crippen LogP contribution in [0, 0.1) is 10.1 Å². The highest BCUT2D eigenvalue weighted by atomic mass is 35.5. The molecule has 12 nitrogen and oxygen atoms in total. The molecule has 4 aromatic rings. The molecule has 5 rings (SSSR count). The molecule has 206 valence electrons. The lowest BCUT2D eigenvalue weighted by Gasteiger charge is -2.36. The van der Waals surface area contributed by atoms with Crippen molar-refractivity contribution in [3.05, 3.63) is 80.9 Å². The molecule has 0 saturated carbocycles. The molecule has 2 aromatic heterocycles. The summed E-state index contributed by atoms with van der Waals surface area (Å²) >= 11 is 13.1. The van der Waals surface area contributed by atoms with Gasteiger partial charge in [-0.2, -0.15) is 0 Å². The summed E-state index contributed by atoms with van der Waals surface area (Å²) in [4.78, 5) is 35.5. The highest BCUT2D eigenvalue weighted by molar-refractivity contribution is 7.92. The molecular formula is C24H20ClN7O5S3. The van der Waals surface area contributed by atoms with E-state index in [0.29, 0.717) is 51.9 Å². The summed E-state index contributed by atoms with van der Waals surface area (Å²) < 4.78 is 28.0. The Kier molecular flexibility index (Phi) is 7.80. The summed E-state index contributed by atoms with van der Waals surface area (Å²) in [5.41, 5.74) is 0.540. The van der Waals surface area contributed by atoms with Gasteiger partial charge >= 0.3 is 0 Å². The normalized spacial score (nSPS) is 13.7. The predicted octanol–water partition coefficient (Wildman–Crippen LogP) is 4.21. The van der Waals surface area contributed by atoms with Crippen molar-refractivity contribution in [1.82, 2.24) is 19.8 Å². The Hall–Kier alpha value is -3.92. The van der Waals surface area contributed by atoms with Gasteiger partial charge in [0.25, 0.3) is 21.6 Å². The topological polar surface area (TPSA) is 151 Å². The van der Waals surface area contributed by atoms with Crippen LogP contribution in [0.2, 0.25) is 5.02 Å². The summed E-state index contributed by atoms with van der Waals surface area (Å²) in [5, 5.41) is 15.5. The number of nitrogens with one attached hydrogen (secondary N) is 2. The van der Waals surface area contributed by atoms with E-state index in [9.17, 15) is 23.3 Å². The van der Waals surface area contributed by atoms with Gasteiger partial charge in [0.15, 0.2) is 5.11 Å². The third kappa shape index (κ3) is 5.82. The first kappa shape index (κ1) is 27.6. The van der Waals surface area contributed by atoms with Gasteiger partial charge in [-0.05, 0) is 48.6 Å². The van der Waals surface area contributed by atoms with Crippen LogP contribution in [0.1, 0.15) is 9.67 Å². The van der Waals surface area contributed by atoms with Crippen LogP contribution in [0.5, 0.6) is 0 Å². The Morgan fingerprint density at radius 1 is 1.05 bits per heavy atom. The number of hydrogen-bond acceptors (Lipinski definition) is 9. The number of fused-ring (bicyclic) bond motifs is 1. The number of piperazine rings is 1. The number of thiophene rings is 1. The van der Waals surface area contributed by atoms with Gasteiger partial charge in [-0.25, -0.2) is 23.1 Å². The standard InChI is InChI=1S/C24H20ClN7O5S3/c25-20-18-7-4-16(32(34)35)14-19(18)39-21(20)22(33)30-10-12-31(13-11-30)24(38)28-15-2-5-17(6-3-15)40(36,37)29-23-26-8-1-9-27-23/h1-9,14H,10-13H2,(H,28,38)(H,26,27,29). The van der Waals surface area contributed by atoms with Crippen LogP contribution in [0.3, 0.4) is 0 Å². The van der Waals surface area contributed by atoms with E-state index in [1.165, 1.54) is 36.7 Å². The first-order valence-corrected chi connectivity index (χ1v) is 14.8. The minimum atomic E-state index is -3.86. The summed E-state index contributed by atoms with van der Waals surface area (Å²) in [6, 6.07) is 12.0. The fourth-order valence-electron chi connectivity index (χ4n) is 4.01. The number of aromatic nitrogens is 2. The van der Waals surface area contributed by atoms with E-state index in [-0.39, 0.29) is 27.5 Å². The molecule has 16 heteroatoms. The second kappa shape index (κ2) is 11.3. The predicted molar refractivity (Wildman–Crippen MR) is 156 cm³/mol. The summed E-state index contributed by atoms with van der Waals surface area (Å²) in [5.74, 6) is -0.263. The average molecular weight is 618 g/mol. The number of halogens is 1. The number of anilines is 2. The number of thiocarbonyl (C=S) groups is 1. The Labute approximate surface area is 242 Å². The third-order valence-corrected chi connectivity index (χ3v) is 9.43. The maximum atomic E-state index is 13.2. The van der Waals surface area contributed by atoms with Crippen LogP contribution >= 0.6 is 35.2 Å². The van der Waals surface area contributed by atoms with Crippen molar-refractivity contribution >= 4 is 83.6 Å². The Morgan fingerprint density at radius 3 is 2.35 bits per heavy atom. The Balaban J connectivity index is 1.18. The molecule has 0 bridgehead atoms. The molecule has 1 amide bonds. The number of benzene rings is 2. The van der Waals surface area contributed by atoms with Gasteiger partial charge in [0, 0.05) is 66.5 Å². The molecule has 0 atom stereocenters. The molecule has 2 N–H and O–H groups in total. The lowest BCUT2D eigenvalue weighted by Crippen LogP contribution is -2.51. The van der Waals surface area contributed by atoms with E-state index in [1.54, 1.807) is 29.2 Å². The summed E-state index contributed by atoms with van der Waals surface area (Å²) in [6.07, 6.45) is 2.87. The highest BCUT2D eigenvalue weighted by Crippen LogP contribution is 2.38. The van der Waals surface area contributed by atoms with Crippen LogP contribution in [0.25, 0.3) is 10.1 Å². The molecule has 0 unspecified atom stereocenters. The number of carbonyl (C=O) groups is 1. The van der Waals surface area contributed by atoms with Crippen molar-refractivity contribution in [3.8, 4) is 0 Å². The van der Waals surface area contributed by atoms with Gasteiger partial charge in [-0.3, -0.25) is 14.9 Å². The average Bonchev–Trinajstić information content (AvgIpc) is 3.28. The number of nitro benzene ring substituents is 1. The van der Waals surface area contributed by atoms with Crippen LogP contribution in [0.15, 0.2) is 65.8 Å². The molecule has 1 fully saturated rings. The SMILES string of the molecule is O=C(c1sc2cc([N+](=O)[O-])ccc2c1Cl)N1CCN(C(=S)Nc2ccc(S(=O)(=O)Nc3ncccn3)cc2)CC1. The van der Waals surface area contributed by atoms with Gasteiger partial charge in [0.05, 0.1) is 14.8 Å². The highest BCUT2D eigenvalue weighted by Gasteiger charge is 2.27. The van der Waals surface area contributed by atoms with E-state index < -0.39 is 14.9 Å². The van der Waals surface area contributed by atoms with Gasteiger partial charge in [-0.15, -0.1) is 11.3 Å². The van der Waals surface area contributed by atoms with Gasteiger partial charge < -0.3 is 15.1 Å². The number of hydrogen-bond donors (Lipinski definition) is 2. The molecule has 1 aliphatic heterocycles.